The molecule has 1 heterocycles. The van der Waals surface area contributed by atoms with E-state index in [0.717, 1.165) is 5.01 Å². The lowest BCUT2D eigenvalue weighted by Crippen LogP contribution is -2.14. The highest BCUT2D eigenvalue weighted by atomic mass is 32.1. The second-order valence-corrected chi connectivity index (χ2v) is 7.39. The summed E-state index contributed by atoms with van der Waals surface area (Å²) in [5.41, 5.74) is -0.172. The third-order valence-corrected chi connectivity index (χ3v) is 4.48. The number of thiazole rings is 1. The Kier molecular flexibility index (Phi) is 3.61. The van der Waals surface area contributed by atoms with Crippen LogP contribution in [0, 0.1) is 0 Å². The Hall–Kier alpha value is -1.10. The van der Waals surface area contributed by atoms with Crippen LogP contribution in [0.15, 0.2) is 12.1 Å². The number of benzene rings is 1. The van der Waals surface area contributed by atoms with Gasteiger partial charge in [-0.2, -0.15) is 13.2 Å². The molecule has 0 N–H and O–H groups in total. The molecule has 1 aromatic heterocycles. The van der Waals surface area contributed by atoms with Crippen LogP contribution in [0.25, 0.3) is 10.2 Å². The zero-order valence-corrected chi connectivity index (χ0v) is 13.0. The molecule has 0 bridgehead atoms. The van der Waals surface area contributed by atoms with E-state index in [9.17, 15) is 13.2 Å². The van der Waals surface area contributed by atoms with Crippen LogP contribution in [0.1, 0.15) is 56.7 Å². The molecule has 0 aliphatic carbocycles. The molecule has 0 radical (unpaired) electrons. The van der Waals surface area contributed by atoms with Gasteiger partial charge in [-0.3, -0.25) is 0 Å². The van der Waals surface area contributed by atoms with Crippen LogP contribution < -0.4 is 0 Å². The topological polar surface area (TPSA) is 12.9 Å². The van der Waals surface area contributed by atoms with E-state index in [1.165, 1.54) is 17.4 Å². The number of aromatic nitrogens is 1. The lowest BCUT2D eigenvalue weighted by Gasteiger charge is -2.20. The number of nitrogens with zero attached hydrogens (tertiary/aromatic N) is 1. The fourth-order valence-corrected chi connectivity index (χ4v) is 2.98. The molecule has 20 heavy (non-hydrogen) atoms. The molecule has 0 saturated carbocycles. The van der Waals surface area contributed by atoms with Crippen molar-refractivity contribution >= 4 is 21.6 Å². The highest BCUT2D eigenvalue weighted by molar-refractivity contribution is 7.18. The standard InChI is InChI=1S/C15H18F3NS/c1-8(2)13-19-12-10(15(16,17)18)6-9(14(3,4)5)7-11(12)20-13/h6-8H,1-5H3. The van der Waals surface area contributed by atoms with Gasteiger partial charge in [-0.25, -0.2) is 4.98 Å². The van der Waals surface area contributed by atoms with Crippen molar-refractivity contribution in [2.45, 2.75) is 52.1 Å². The highest BCUT2D eigenvalue weighted by Gasteiger charge is 2.35. The van der Waals surface area contributed by atoms with Gasteiger partial charge in [0.15, 0.2) is 0 Å². The average molecular weight is 301 g/mol. The third kappa shape index (κ3) is 2.82. The smallest absolute Gasteiger partial charge is 0.240 e. The Bertz CT molecular complexity index is 633. The normalized spacial score (nSPS) is 13.4. The fraction of sp³-hybridized carbons (Fsp3) is 0.533. The molecule has 110 valence electrons. The monoisotopic (exact) mass is 301 g/mol. The summed E-state index contributed by atoms with van der Waals surface area (Å²) in [6.07, 6.45) is -4.37. The number of rotatable bonds is 1. The molecule has 2 rings (SSSR count). The molecule has 1 aromatic carbocycles. The van der Waals surface area contributed by atoms with E-state index in [2.05, 4.69) is 4.98 Å². The number of hydrogen-bond donors (Lipinski definition) is 0. The molecule has 0 amide bonds. The first-order valence-corrected chi connectivity index (χ1v) is 7.34. The Morgan fingerprint density at radius 2 is 1.70 bits per heavy atom. The second-order valence-electron chi connectivity index (χ2n) is 6.33. The van der Waals surface area contributed by atoms with Crippen LogP contribution in [0.3, 0.4) is 0 Å². The summed E-state index contributed by atoms with van der Waals surface area (Å²) < 4.78 is 40.4. The molecular weight excluding hydrogens is 283 g/mol. The van der Waals surface area contributed by atoms with E-state index < -0.39 is 11.7 Å². The first kappa shape index (κ1) is 15.3. The van der Waals surface area contributed by atoms with E-state index in [1.54, 1.807) is 0 Å². The van der Waals surface area contributed by atoms with Gasteiger partial charge in [-0.15, -0.1) is 11.3 Å². The minimum Gasteiger partial charge on any atom is -0.240 e. The zero-order valence-electron chi connectivity index (χ0n) is 12.2. The van der Waals surface area contributed by atoms with Crippen molar-refractivity contribution in [2.75, 3.05) is 0 Å². The maximum absolute atomic E-state index is 13.3. The van der Waals surface area contributed by atoms with Gasteiger partial charge in [0.2, 0.25) is 0 Å². The summed E-state index contributed by atoms with van der Waals surface area (Å²) in [4.78, 5) is 4.20. The van der Waals surface area contributed by atoms with Gasteiger partial charge >= 0.3 is 6.18 Å². The van der Waals surface area contributed by atoms with Crippen molar-refractivity contribution in [2.24, 2.45) is 0 Å². The van der Waals surface area contributed by atoms with Crippen LogP contribution in [0.2, 0.25) is 0 Å². The predicted molar refractivity (Wildman–Crippen MR) is 77.4 cm³/mol. The van der Waals surface area contributed by atoms with Gasteiger partial charge < -0.3 is 0 Å². The minimum atomic E-state index is -4.37. The summed E-state index contributed by atoms with van der Waals surface area (Å²) in [5, 5.41) is 0.747. The summed E-state index contributed by atoms with van der Waals surface area (Å²) in [7, 11) is 0. The average Bonchev–Trinajstić information content (AvgIpc) is 2.68. The number of fused-ring (bicyclic) bond motifs is 1. The van der Waals surface area contributed by atoms with Gasteiger partial charge in [-0.05, 0) is 23.1 Å². The SMILES string of the molecule is CC(C)c1nc2c(C(F)(F)F)cc(C(C)(C)C)cc2s1. The Balaban J connectivity index is 2.79. The molecule has 2 aromatic rings. The molecule has 0 atom stereocenters. The van der Waals surface area contributed by atoms with Crippen molar-refractivity contribution in [3.63, 3.8) is 0 Å². The molecule has 1 nitrogen and oxygen atoms in total. The van der Waals surface area contributed by atoms with Crippen molar-refractivity contribution in [1.29, 1.82) is 0 Å². The van der Waals surface area contributed by atoms with Crippen molar-refractivity contribution < 1.29 is 13.2 Å². The molecule has 0 aliphatic heterocycles. The minimum absolute atomic E-state index is 0.0826. The van der Waals surface area contributed by atoms with E-state index in [0.29, 0.717) is 10.3 Å². The first-order chi connectivity index (χ1) is 9.00. The van der Waals surface area contributed by atoms with Crippen molar-refractivity contribution in [3.05, 3.63) is 28.3 Å². The quantitative estimate of drug-likeness (QED) is 0.655. The molecule has 0 aliphatic rings. The first-order valence-electron chi connectivity index (χ1n) is 6.52. The summed E-state index contributed by atoms with van der Waals surface area (Å²) in [6, 6.07) is 3.08. The van der Waals surface area contributed by atoms with Crippen LogP contribution >= 0.6 is 11.3 Å². The van der Waals surface area contributed by atoms with Crippen molar-refractivity contribution in [3.8, 4) is 0 Å². The molecule has 5 heteroatoms. The second kappa shape index (κ2) is 4.72. The lowest BCUT2D eigenvalue weighted by atomic mass is 9.86. The van der Waals surface area contributed by atoms with Gasteiger partial charge in [0, 0.05) is 5.92 Å². The van der Waals surface area contributed by atoms with E-state index in [1.807, 2.05) is 40.7 Å². The van der Waals surface area contributed by atoms with Crippen LogP contribution in [0.5, 0.6) is 0 Å². The Labute approximate surface area is 120 Å². The van der Waals surface area contributed by atoms with E-state index >= 15 is 0 Å². The number of alkyl halides is 3. The fourth-order valence-electron chi connectivity index (χ4n) is 1.94. The lowest BCUT2D eigenvalue weighted by molar-refractivity contribution is -0.136. The van der Waals surface area contributed by atoms with E-state index in [-0.39, 0.29) is 16.8 Å². The Morgan fingerprint density at radius 1 is 1.10 bits per heavy atom. The summed E-state index contributed by atoms with van der Waals surface area (Å²) >= 11 is 1.35. The molecular formula is C15H18F3NS. The van der Waals surface area contributed by atoms with Gasteiger partial charge in [-0.1, -0.05) is 34.6 Å². The summed E-state index contributed by atoms with van der Waals surface area (Å²) in [6.45, 7) is 9.63. The zero-order chi connectivity index (χ0) is 15.3. The van der Waals surface area contributed by atoms with Gasteiger partial charge in [0.1, 0.15) is 0 Å². The number of halogens is 3. The maximum Gasteiger partial charge on any atom is 0.418 e. The van der Waals surface area contributed by atoms with E-state index in [4.69, 9.17) is 0 Å². The molecule has 0 unspecified atom stereocenters. The molecule has 0 spiro atoms. The van der Waals surface area contributed by atoms with Crippen LogP contribution in [0.4, 0.5) is 13.2 Å². The van der Waals surface area contributed by atoms with Crippen molar-refractivity contribution in [1.82, 2.24) is 4.98 Å². The third-order valence-electron chi connectivity index (χ3n) is 3.18. The number of hydrogen-bond acceptors (Lipinski definition) is 2. The highest BCUT2D eigenvalue weighted by Crippen LogP contribution is 2.40. The summed E-state index contributed by atoms with van der Waals surface area (Å²) in [5.74, 6) is 0.131. The largest absolute Gasteiger partial charge is 0.418 e. The predicted octanol–water partition coefficient (Wildman–Crippen LogP) is 5.74. The van der Waals surface area contributed by atoms with Crippen LogP contribution in [-0.4, -0.2) is 4.98 Å². The molecule has 0 fully saturated rings. The molecule has 0 saturated heterocycles. The maximum atomic E-state index is 13.3. The Morgan fingerprint density at radius 3 is 2.15 bits per heavy atom. The van der Waals surface area contributed by atoms with Crippen LogP contribution in [-0.2, 0) is 11.6 Å². The van der Waals surface area contributed by atoms with Gasteiger partial charge in [0.25, 0.3) is 0 Å². The van der Waals surface area contributed by atoms with Gasteiger partial charge in [0.05, 0.1) is 20.8 Å².